The maximum absolute atomic E-state index is 5.63. The average Bonchev–Trinajstić information content (AvgIpc) is 2.67. The lowest BCUT2D eigenvalue weighted by Gasteiger charge is -2.22. The van der Waals surface area contributed by atoms with Crippen molar-refractivity contribution >= 4 is 0 Å². The Kier molecular flexibility index (Phi) is 4.85. The lowest BCUT2D eigenvalue weighted by Crippen LogP contribution is -2.32. The van der Waals surface area contributed by atoms with Gasteiger partial charge in [0.25, 0.3) is 0 Å². The summed E-state index contributed by atoms with van der Waals surface area (Å²) in [7, 11) is 0. The van der Waals surface area contributed by atoms with E-state index in [1.54, 1.807) is 6.26 Å². The molecule has 0 amide bonds. The van der Waals surface area contributed by atoms with Crippen LogP contribution in [0.25, 0.3) is 0 Å². The van der Waals surface area contributed by atoms with E-state index in [2.05, 4.69) is 26.2 Å². The number of aryl methyl sites for hydroxylation is 1. The number of rotatable bonds is 6. The summed E-state index contributed by atoms with van der Waals surface area (Å²) in [4.78, 5) is 0. The van der Waals surface area contributed by atoms with Crippen molar-refractivity contribution in [3.8, 4) is 0 Å². The van der Waals surface area contributed by atoms with Crippen molar-refractivity contribution in [2.45, 2.75) is 46.1 Å². The number of hydrazine groups is 1. The molecule has 0 radical (unpaired) electrons. The van der Waals surface area contributed by atoms with Crippen molar-refractivity contribution in [2.75, 3.05) is 0 Å². The molecule has 3 heteroatoms. The van der Waals surface area contributed by atoms with Gasteiger partial charge in [-0.05, 0) is 18.4 Å². The minimum atomic E-state index is 0.207. The molecule has 86 valence electrons. The maximum Gasteiger partial charge on any atom is 0.108 e. The van der Waals surface area contributed by atoms with Gasteiger partial charge in [0, 0.05) is 12.0 Å². The second kappa shape index (κ2) is 5.93. The fraction of sp³-hybridized carbons (Fsp3) is 0.667. The number of furan rings is 1. The summed E-state index contributed by atoms with van der Waals surface area (Å²) in [5.74, 6) is 7.20. The van der Waals surface area contributed by atoms with E-state index < -0.39 is 0 Å². The van der Waals surface area contributed by atoms with Crippen LogP contribution in [0, 0.1) is 5.92 Å². The highest BCUT2D eigenvalue weighted by molar-refractivity contribution is 5.22. The third-order valence-corrected chi connectivity index (χ3v) is 2.93. The molecule has 0 bridgehead atoms. The van der Waals surface area contributed by atoms with Gasteiger partial charge in [0.15, 0.2) is 0 Å². The molecule has 0 saturated heterocycles. The topological polar surface area (TPSA) is 51.2 Å². The Morgan fingerprint density at radius 2 is 2.20 bits per heavy atom. The van der Waals surface area contributed by atoms with Gasteiger partial charge >= 0.3 is 0 Å². The van der Waals surface area contributed by atoms with Gasteiger partial charge in [0.1, 0.15) is 5.76 Å². The molecular formula is C12H22N2O. The van der Waals surface area contributed by atoms with Crippen LogP contribution in [0.1, 0.15) is 51.0 Å². The van der Waals surface area contributed by atoms with Crippen molar-refractivity contribution in [1.82, 2.24) is 5.43 Å². The molecule has 0 aliphatic carbocycles. The summed E-state index contributed by atoms with van der Waals surface area (Å²) in [5.41, 5.74) is 4.11. The van der Waals surface area contributed by atoms with Gasteiger partial charge in [-0.15, -0.1) is 0 Å². The molecule has 0 aromatic carbocycles. The van der Waals surface area contributed by atoms with E-state index in [1.807, 2.05) is 6.07 Å². The van der Waals surface area contributed by atoms with Crippen LogP contribution in [0.2, 0.25) is 0 Å². The third-order valence-electron chi connectivity index (χ3n) is 2.93. The molecule has 1 aromatic rings. The fourth-order valence-electron chi connectivity index (χ4n) is 2.10. The smallest absolute Gasteiger partial charge is 0.108 e. The summed E-state index contributed by atoms with van der Waals surface area (Å²) in [6.45, 7) is 6.51. The SMILES string of the molecule is CCCC(C)C(NN)c1ccoc1CC. The number of hydrogen-bond acceptors (Lipinski definition) is 3. The van der Waals surface area contributed by atoms with E-state index in [9.17, 15) is 0 Å². The Labute approximate surface area is 92.0 Å². The van der Waals surface area contributed by atoms with Crippen LogP contribution >= 0.6 is 0 Å². The van der Waals surface area contributed by atoms with Crippen molar-refractivity contribution in [2.24, 2.45) is 11.8 Å². The fourth-order valence-corrected chi connectivity index (χ4v) is 2.10. The molecule has 0 spiro atoms. The number of nitrogens with two attached hydrogens (primary N) is 1. The first-order valence-corrected chi connectivity index (χ1v) is 5.76. The zero-order valence-electron chi connectivity index (χ0n) is 9.92. The molecule has 0 saturated carbocycles. The molecule has 1 heterocycles. The zero-order chi connectivity index (χ0) is 11.3. The number of hydrogen-bond donors (Lipinski definition) is 2. The van der Waals surface area contributed by atoms with E-state index in [4.69, 9.17) is 10.3 Å². The minimum absolute atomic E-state index is 0.207. The van der Waals surface area contributed by atoms with Gasteiger partial charge in [-0.1, -0.05) is 27.2 Å². The summed E-state index contributed by atoms with van der Waals surface area (Å²) < 4.78 is 5.43. The summed E-state index contributed by atoms with van der Waals surface area (Å²) in [6, 6.07) is 2.23. The highest BCUT2D eigenvalue weighted by atomic mass is 16.3. The quantitative estimate of drug-likeness (QED) is 0.560. The van der Waals surface area contributed by atoms with E-state index in [-0.39, 0.29) is 6.04 Å². The lowest BCUT2D eigenvalue weighted by atomic mass is 9.91. The zero-order valence-corrected chi connectivity index (χ0v) is 9.92. The largest absolute Gasteiger partial charge is 0.469 e. The molecule has 2 unspecified atom stereocenters. The summed E-state index contributed by atoms with van der Waals surface area (Å²) in [5, 5.41) is 0. The van der Waals surface area contributed by atoms with Crippen LogP contribution < -0.4 is 11.3 Å². The average molecular weight is 210 g/mol. The Bertz CT molecular complexity index is 283. The second-order valence-electron chi connectivity index (χ2n) is 4.06. The molecular weight excluding hydrogens is 188 g/mol. The van der Waals surface area contributed by atoms with Crippen molar-refractivity contribution < 1.29 is 4.42 Å². The predicted molar refractivity (Wildman–Crippen MR) is 62.2 cm³/mol. The molecule has 0 fully saturated rings. The van der Waals surface area contributed by atoms with Crippen molar-refractivity contribution in [3.63, 3.8) is 0 Å². The van der Waals surface area contributed by atoms with Crippen LogP contribution in [0.5, 0.6) is 0 Å². The predicted octanol–water partition coefficient (Wildman–Crippen LogP) is 2.78. The Morgan fingerprint density at radius 1 is 1.47 bits per heavy atom. The van der Waals surface area contributed by atoms with Gasteiger partial charge in [-0.25, -0.2) is 0 Å². The summed E-state index contributed by atoms with van der Waals surface area (Å²) >= 11 is 0. The first-order chi connectivity index (χ1) is 7.24. The molecule has 15 heavy (non-hydrogen) atoms. The monoisotopic (exact) mass is 210 g/mol. The van der Waals surface area contributed by atoms with E-state index in [0.717, 1.165) is 12.2 Å². The Hall–Kier alpha value is -0.800. The molecule has 1 rings (SSSR count). The van der Waals surface area contributed by atoms with Crippen LogP contribution in [0.4, 0.5) is 0 Å². The van der Waals surface area contributed by atoms with E-state index in [0.29, 0.717) is 5.92 Å². The lowest BCUT2D eigenvalue weighted by molar-refractivity contribution is 0.361. The standard InChI is InChI=1S/C12H22N2O/c1-4-6-9(3)12(14-13)10-7-8-15-11(10)5-2/h7-9,12,14H,4-6,13H2,1-3H3. The Morgan fingerprint density at radius 3 is 2.73 bits per heavy atom. The minimum Gasteiger partial charge on any atom is -0.469 e. The van der Waals surface area contributed by atoms with Gasteiger partial charge in [-0.2, -0.15) is 0 Å². The molecule has 0 aliphatic rings. The second-order valence-corrected chi connectivity index (χ2v) is 4.06. The van der Waals surface area contributed by atoms with Crippen molar-refractivity contribution in [3.05, 3.63) is 23.7 Å². The highest BCUT2D eigenvalue weighted by Crippen LogP contribution is 2.28. The highest BCUT2D eigenvalue weighted by Gasteiger charge is 2.21. The Balaban J connectivity index is 2.81. The van der Waals surface area contributed by atoms with E-state index >= 15 is 0 Å². The maximum atomic E-state index is 5.63. The van der Waals surface area contributed by atoms with Gasteiger partial charge < -0.3 is 4.42 Å². The third kappa shape index (κ3) is 2.83. The van der Waals surface area contributed by atoms with Crippen LogP contribution in [-0.2, 0) is 6.42 Å². The molecule has 0 aliphatic heterocycles. The van der Waals surface area contributed by atoms with Gasteiger partial charge in [0.05, 0.1) is 12.3 Å². The number of nitrogens with one attached hydrogen (secondary N) is 1. The summed E-state index contributed by atoms with van der Waals surface area (Å²) in [6.07, 6.45) is 5.01. The first-order valence-electron chi connectivity index (χ1n) is 5.76. The molecule has 2 atom stereocenters. The molecule has 1 aromatic heterocycles. The van der Waals surface area contributed by atoms with Gasteiger partial charge in [0.2, 0.25) is 0 Å². The molecule has 3 nitrogen and oxygen atoms in total. The van der Waals surface area contributed by atoms with Crippen molar-refractivity contribution in [1.29, 1.82) is 0 Å². The van der Waals surface area contributed by atoms with Crippen LogP contribution in [-0.4, -0.2) is 0 Å². The van der Waals surface area contributed by atoms with E-state index in [1.165, 1.54) is 18.4 Å². The first kappa shape index (κ1) is 12.3. The van der Waals surface area contributed by atoms with Crippen LogP contribution in [0.15, 0.2) is 16.7 Å². The van der Waals surface area contributed by atoms with Crippen LogP contribution in [0.3, 0.4) is 0 Å². The normalized spacial score (nSPS) is 15.2. The molecule has 3 N–H and O–H groups in total. The van der Waals surface area contributed by atoms with Gasteiger partial charge in [-0.3, -0.25) is 11.3 Å².